The molecule has 0 aliphatic rings. The van der Waals surface area contributed by atoms with Gasteiger partial charge in [0, 0.05) is 11.6 Å². The normalized spacial score (nSPS) is 12.7. The molecule has 0 atom stereocenters. The monoisotopic (exact) mass is 499 g/mol. The third-order valence-corrected chi connectivity index (χ3v) is 5.28. The second-order valence-corrected chi connectivity index (χ2v) is 8.32. The van der Waals surface area contributed by atoms with Crippen molar-refractivity contribution < 1.29 is 26.3 Å². The number of nitrogens with one attached hydrogen (secondary N) is 1. The Kier molecular flexibility index (Phi) is 7.94. The largest absolute Gasteiger partial charge is 0.434 e. The molecule has 1 aromatic heterocycles. The van der Waals surface area contributed by atoms with Crippen molar-refractivity contribution >= 4 is 57.0 Å². The molecule has 1 N–H and O–H groups in total. The van der Waals surface area contributed by atoms with Gasteiger partial charge in [0.05, 0.1) is 27.2 Å². The average molecular weight is 501 g/mol. The molecule has 0 radical (unpaired) electrons. The number of halogens is 9. The summed E-state index contributed by atoms with van der Waals surface area (Å²) in [6.07, 6.45) is -9.03. The van der Waals surface area contributed by atoms with Gasteiger partial charge in [-0.1, -0.05) is 53.1 Å². The number of hydrogen-bond acceptors (Lipinski definition) is 4. The molecular weight excluding hydrogens is 487 g/mol. The Balaban J connectivity index is 2.37. The van der Waals surface area contributed by atoms with E-state index in [1.807, 2.05) is 0 Å². The zero-order valence-corrected chi connectivity index (χ0v) is 17.8. The van der Waals surface area contributed by atoms with Crippen molar-refractivity contribution in [2.75, 3.05) is 18.4 Å². The van der Waals surface area contributed by atoms with Crippen molar-refractivity contribution in [2.24, 2.45) is 0 Å². The first-order valence-corrected chi connectivity index (χ1v) is 10.0. The second kappa shape index (κ2) is 9.47. The van der Waals surface area contributed by atoms with E-state index in [9.17, 15) is 26.3 Å². The van der Waals surface area contributed by atoms with E-state index >= 15 is 0 Å². The van der Waals surface area contributed by atoms with Gasteiger partial charge in [-0.05, 0) is 25.1 Å². The third kappa shape index (κ3) is 7.06. The van der Waals surface area contributed by atoms with Crippen molar-refractivity contribution in [2.45, 2.75) is 32.2 Å². The number of thiazole rings is 1. The number of rotatable bonds is 7. The molecule has 2 rings (SSSR count). The summed E-state index contributed by atoms with van der Waals surface area (Å²) in [6, 6.07) is 2.67. The van der Waals surface area contributed by atoms with Gasteiger partial charge in [-0.2, -0.15) is 26.3 Å². The smallest absolute Gasteiger partial charge is 0.329 e. The minimum atomic E-state index is -4.84. The number of nitrogens with zero attached hydrogens (tertiary/aromatic N) is 2. The zero-order chi connectivity index (χ0) is 22.0. The van der Waals surface area contributed by atoms with E-state index in [1.54, 1.807) is 6.92 Å². The van der Waals surface area contributed by atoms with Crippen LogP contribution in [0.3, 0.4) is 0 Å². The van der Waals surface area contributed by atoms with E-state index in [-0.39, 0.29) is 37.3 Å². The highest BCUT2D eigenvalue weighted by Gasteiger charge is 2.39. The maximum Gasteiger partial charge on any atom is 0.434 e. The number of benzene rings is 1. The van der Waals surface area contributed by atoms with Gasteiger partial charge >= 0.3 is 12.4 Å². The van der Waals surface area contributed by atoms with E-state index in [2.05, 4.69) is 10.3 Å². The topological polar surface area (TPSA) is 28.2 Å². The van der Waals surface area contributed by atoms with Crippen LogP contribution in [0.5, 0.6) is 0 Å². The Morgan fingerprint density at radius 1 is 1.07 bits per heavy atom. The fourth-order valence-electron chi connectivity index (χ4n) is 2.49. The molecular formula is C16H14Cl3F6N3S. The lowest BCUT2D eigenvalue weighted by Crippen LogP contribution is -2.34. The lowest BCUT2D eigenvalue weighted by atomic mass is 10.3. The molecule has 0 saturated heterocycles. The molecule has 1 aromatic carbocycles. The Hall–Kier alpha value is -0.940. The SMILES string of the molecule is CCCN(Cc1sc(Nc2c(Cl)cc(Cl)cc2Cl)nc1C(F)(F)F)CC(F)(F)F. The molecule has 0 amide bonds. The zero-order valence-electron chi connectivity index (χ0n) is 14.7. The minimum absolute atomic E-state index is 0.0215. The fourth-order valence-corrected chi connectivity index (χ4v) is 4.43. The molecule has 0 aliphatic heterocycles. The predicted molar refractivity (Wildman–Crippen MR) is 103 cm³/mol. The lowest BCUT2D eigenvalue weighted by Gasteiger charge is -2.22. The standard InChI is InChI=1S/C16H14Cl3F6N3S/c1-2-3-28(7-15(20,21)22)6-11-13(16(23,24)25)27-14(29-11)26-12-9(18)4-8(17)5-10(12)19/h4-5H,2-3,6-7H2,1H3,(H,26,27). The highest BCUT2D eigenvalue weighted by atomic mass is 35.5. The van der Waals surface area contributed by atoms with Crippen molar-refractivity contribution in [3.63, 3.8) is 0 Å². The summed E-state index contributed by atoms with van der Waals surface area (Å²) in [6.45, 7) is -0.262. The van der Waals surface area contributed by atoms with Crippen molar-refractivity contribution in [1.29, 1.82) is 0 Å². The van der Waals surface area contributed by atoms with Crippen LogP contribution in [-0.4, -0.2) is 29.1 Å². The Bertz CT molecular complexity index is 830. The van der Waals surface area contributed by atoms with Crippen LogP contribution < -0.4 is 5.32 Å². The quantitative estimate of drug-likeness (QED) is 0.396. The molecule has 0 unspecified atom stereocenters. The van der Waals surface area contributed by atoms with E-state index in [4.69, 9.17) is 34.8 Å². The van der Waals surface area contributed by atoms with Crippen LogP contribution in [0.15, 0.2) is 12.1 Å². The van der Waals surface area contributed by atoms with Gasteiger partial charge < -0.3 is 5.32 Å². The summed E-state index contributed by atoms with van der Waals surface area (Å²) in [5.41, 5.74) is -1.16. The van der Waals surface area contributed by atoms with Gasteiger partial charge in [-0.25, -0.2) is 4.98 Å². The molecule has 0 fully saturated rings. The first kappa shape index (κ1) is 24.3. The lowest BCUT2D eigenvalue weighted by molar-refractivity contribution is -0.148. The van der Waals surface area contributed by atoms with Gasteiger partial charge in [-0.3, -0.25) is 4.90 Å². The second-order valence-electron chi connectivity index (χ2n) is 5.98. The Labute approximate surface area is 181 Å². The van der Waals surface area contributed by atoms with Crippen molar-refractivity contribution in [1.82, 2.24) is 9.88 Å². The van der Waals surface area contributed by atoms with Crippen LogP contribution in [0.25, 0.3) is 0 Å². The number of anilines is 2. The van der Waals surface area contributed by atoms with Gasteiger partial charge in [0.25, 0.3) is 0 Å². The predicted octanol–water partition coefficient (Wildman–Crippen LogP) is 7.64. The van der Waals surface area contributed by atoms with Crippen LogP contribution in [0, 0.1) is 0 Å². The molecule has 29 heavy (non-hydrogen) atoms. The Morgan fingerprint density at radius 3 is 2.14 bits per heavy atom. The fraction of sp³-hybridized carbons (Fsp3) is 0.438. The molecule has 1 heterocycles. The number of alkyl halides is 6. The average Bonchev–Trinajstić information content (AvgIpc) is 2.92. The van der Waals surface area contributed by atoms with Crippen molar-refractivity contribution in [3.05, 3.63) is 37.8 Å². The summed E-state index contributed by atoms with van der Waals surface area (Å²) in [5.74, 6) is 0. The van der Waals surface area contributed by atoms with Gasteiger partial charge in [-0.15, -0.1) is 0 Å². The number of aromatic nitrogens is 1. The first-order valence-electron chi connectivity index (χ1n) is 8.07. The first-order chi connectivity index (χ1) is 13.3. The molecule has 0 spiro atoms. The highest BCUT2D eigenvalue weighted by Crippen LogP contribution is 2.41. The van der Waals surface area contributed by atoms with E-state index in [1.165, 1.54) is 12.1 Å². The summed E-state index contributed by atoms with van der Waals surface area (Å²) in [5, 5.41) is 2.72. The van der Waals surface area contributed by atoms with Crippen LogP contribution in [0.1, 0.15) is 23.9 Å². The van der Waals surface area contributed by atoms with Crippen LogP contribution in [0.2, 0.25) is 15.1 Å². The van der Waals surface area contributed by atoms with Crippen LogP contribution in [-0.2, 0) is 12.7 Å². The van der Waals surface area contributed by atoms with E-state index in [0.717, 1.165) is 4.90 Å². The molecule has 0 saturated carbocycles. The van der Waals surface area contributed by atoms with Gasteiger partial charge in [0.2, 0.25) is 0 Å². The highest BCUT2D eigenvalue weighted by molar-refractivity contribution is 7.15. The maximum absolute atomic E-state index is 13.4. The molecule has 2 aromatic rings. The summed E-state index contributed by atoms with van der Waals surface area (Å²) in [7, 11) is 0. The van der Waals surface area contributed by atoms with Crippen LogP contribution in [0.4, 0.5) is 37.2 Å². The summed E-state index contributed by atoms with van der Waals surface area (Å²) in [4.78, 5) is 4.06. The molecule has 162 valence electrons. The van der Waals surface area contributed by atoms with Gasteiger partial charge in [0.1, 0.15) is 0 Å². The van der Waals surface area contributed by atoms with E-state index in [0.29, 0.717) is 17.8 Å². The van der Waals surface area contributed by atoms with Crippen molar-refractivity contribution in [3.8, 4) is 0 Å². The third-order valence-electron chi connectivity index (χ3n) is 3.51. The summed E-state index contributed by atoms with van der Waals surface area (Å²) < 4.78 is 78.4. The molecule has 13 heteroatoms. The Morgan fingerprint density at radius 2 is 1.66 bits per heavy atom. The molecule has 0 aliphatic carbocycles. The summed E-state index contributed by atoms with van der Waals surface area (Å²) >= 11 is 18.4. The molecule has 0 bridgehead atoms. The molecule has 3 nitrogen and oxygen atoms in total. The van der Waals surface area contributed by atoms with E-state index < -0.39 is 31.1 Å². The van der Waals surface area contributed by atoms with Crippen LogP contribution >= 0.6 is 46.1 Å². The minimum Gasteiger partial charge on any atom is -0.329 e. The van der Waals surface area contributed by atoms with Gasteiger partial charge in [0.15, 0.2) is 10.8 Å². The number of hydrogen-bond donors (Lipinski definition) is 1. The maximum atomic E-state index is 13.4.